The molecule has 0 N–H and O–H groups in total. The third kappa shape index (κ3) is 5.45. The fraction of sp³-hybridized carbons (Fsp3) is 0.286. The summed E-state index contributed by atoms with van der Waals surface area (Å²) in [6.07, 6.45) is 0. The zero-order chi connectivity index (χ0) is 26.6. The van der Waals surface area contributed by atoms with E-state index in [2.05, 4.69) is 24.0 Å². The van der Waals surface area contributed by atoms with E-state index >= 15 is 0 Å². The highest BCUT2D eigenvalue weighted by atomic mass is 16.6. The fourth-order valence-corrected chi connectivity index (χ4v) is 4.60. The van der Waals surface area contributed by atoms with Gasteiger partial charge >= 0.3 is 0 Å². The third-order valence-corrected chi connectivity index (χ3v) is 6.78. The average molecular weight is 516 g/mol. The Morgan fingerprint density at radius 2 is 1.71 bits per heavy atom. The second-order valence-electron chi connectivity index (χ2n) is 9.27. The number of carbonyl (C=O) groups is 1. The van der Waals surface area contributed by atoms with Crippen LogP contribution in [0.15, 0.2) is 71.1 Å². The van der Waals surface area contributed by atoms with E-state index in [1.54, 1.807) is 12.1 Å². The predicted octanol–water partition coefficient (Wildman–Crippen LogP) is 4.53. The Labute approximate surface area is 220 Å². The summed E-state index contributed by atoms with van der Waals surface area (Å²) in [5.74, 6) is 1.12. The molecule has 0 bridgehead atoms. The van der Waals surface area contributed by atoms with Gasteiger partial charge in [0.25, 0.3) is 11.6 Å². The first kappa shape index (κ1) is 25.2. The number of hydrogen-bond acceptors (Lipinski definition) is 7. The summed E-state index contributed by atoms with van der Waals surface area (Å²) in [4.78, 5) is 27.5. The number of aryl methyl sites for hydroxylation is 1. The molecule has 0 saturated carbocycles. The SMILES string of the molecule is Cc1nn(-c2ccccc2)c(C)c1CN1CCN(C(=O)c2ccc(COc3ccc([N+](=O)[O-])cc3)o2)CC1. The van der Waals surface area contributed by atoms with E-state index in [1.165, 1.54) is 29.8 Å². The molecule has 1 saturated heterocycles. The standard InChI is InChI=1S/C28H29N5O5/c1-20-26(21(2)32(29-20)22-6-4-3-5-7-22)18-30-14-16-31(17-15-30)28(34)27-13-12-25(38-27)19-37-24-10-8-23(9-11-24)33(35)36/h3-13H,14-19H2,1-2H3. The molecule has 38 heavy (non-hydrogen) atoms. The number of furan rings is 1. The molecule has 3 heterocycles. The number of nitro groups is 1. The molecular formula is C28H29N5O5. The van der Waals surface area contributed by atoms with Gasteiger partial charge in [0.1, 0.15) is 18.1 Å². The van der Waals surface area contributed by atoms with Crippen molar-refractivity contribution in [2.24, 2.45) is 0 Å². The maximum absolute atomic E-state index is 13.0. The number of nitro benzene ring substituents is 1. The van der Waals surface area contributed by atoms with Crippen molar-refractivity contribution in [1.29, 1.82) is 0 Å². The molecular weight excluding hydrogens is 486 g/mol. The fourth-order valence-electron chi connectivity index (χ4n) is 4.60. The van der Waals surface area contributed by atoms with Gasteiger partial charge in [-0.25, -0.2) is 4.68 Å². The summed E-state index contributed by atoms with van der Waals surface area (Å²) in [5, 5.41) is 15.5. The van der Waals surface area contributed by atoms with E-state index in [9.17, 15) is 14.9 Å². The van der Waals surface area contributed by atoms with Crippen LogP contribution < -0.4 is 4.74 Å². The van der Waals surface area contributed by atoms with E-state index in [0.717, 1.165) is 36.7 Å². The van der Waals surface area contributed by atoms with Crippen molar-refractivity contribution in [2.45, 2.75) is 27.0 Å². The highest BCUT2D eigenvalue weighted by molar-refractivity contribution is 5.91. The Morgan fingerprint density at radius 3 is 2.39 bits per heavy atom. The summed E-state index contributed by atoms with van der Waals surface area (Å²) in [7, 11) is 0. The maximum Gasteiger partial charge on any atom is 0.289 e. The van der Waals surface area contributed by atoms with Crippen molar-refractivity contribution in [2.75, 3.05) is 26.2 Å². The van der Waals surface area contributed by atoms with Crippen LogP contribution in [0.4, 0.5) is 5.69 Å². The second-order valence-corrected chi connectivity index (χ2v) is 9.27. The number of para-hydroxylation sites is 1. The number of aromatic nitrogens is 2. The van der Waals surface area contributed by atoms with Gasteiger partial charge in [-0.05, 0) is 50.2 Å². The lowest BCUT2D eigenvalue weighted by Crippen LogP contribution is -2.48. The molecule has 196 valence electrons. The average Bonchev–Trinajstić information content (AvgIpc) is 3.53. The Hall–Kier alpha value is -4.44. The zero-order valence-electron chi connectivity index (χ0n) is 21.4. The summed E-state index contributed by atoms with van der Waals surface area (Å²) < 4.78 is 13.4. The Balaban J connectivity index is 1.14. The van der Waals surface area contributed by atoms with Gasteiger partial charge in [0.2, 0.25) is 0 Å². The number of carbonyl (C=O) groups excluding carboxylic acids is 1. The largest absolute Gasteiger partial charge is 0.486 e. The number of benzene rings is 2. The summed E-state index contributed by atoms with van der Waals surface area (Å²) in [6.45, 7) is 7.79. The molecule has 2 aromatic carbocycles. The minimum absolute atomic E-state index is 0.00384. The van der Waals surface area contributed by atoms with Crippen LogP contribution in [0.2, 0.25) is 0 Å². The quantitative estimate of drug-likeness (QED) is 0.251. The zero-order valence-corrected chi connectivity index (χ0v) is 21.4. The van der Waals surface area contributed by atoms with Crippen LogP contribution in [0.25, 0.3) is 5.69 Å². The van der Waals surface area contributed by atoms with E-state index in [0.29, 0.717) is 24.6 Å². The van der Waals surface area contributed by atoms with Crippen LogP contribution >= 0.6 is 0 Å². The van der Waals surface area contributed by atoms with Gasteiger partial charge in [0.05, 0.1) is 16.3 Å². The van der Waals surface area contributed by atoms with Gasteiger partial charge in [-0.2, -0.15) is 5.10 Å². The molecule has 0 atom stereocenters. The van der Waals surface area contributed by atoms with Gasteiger partial charge in [-0.3, -0.25) is 19.8 Å². The summed E-state index contributed by atoms with van der Waals surface area (Å²) in [6, 6.07) is 19.3. The highest BCUT2D eigenvalue weighted by Crippen LogP contribution is 2.22. The molecule has 0 aliphatic carbocycles. The van der Waals surface area contributed by atoms with Crippen LogP contribution in [-0.4, -0.2) is 56.6 Å². The summed E-state index contributed by atoms with van der Waals surface area (Å²) in [5.41, 5.74) is 4.41. The molecule has 2 aromatic heterocycles. The molecule has 0 unspecified atom stereocenters. The normalized spacial score (nSPS) is 14.0. The van der Waals surface area contributed by atoms with Crippen molar-refractivity contribution in [3.63, 3.8) is 0 Å². The maximum atomic E-state index is 13.0. The second kappa shape index (κ2) is 10.9. The lowest BCUT2D eigenvalue weighted by atomic mass is 10.1. The Kier molecular flexibility index (Phi) is 7.23. The summed E-state index contributed by atoms with van der Waals surface area (Å²) >= 11 is 0. The van der Waals surface area contributed by atoms with Gasteiger partial charge in [-0.15, -0.1) is 0 Å². The minimum atomic E-state index is -0.462. The van der Waals surface area contributed by atoms with Crippen LogP contribution in [0.1, 0.15) is 33.3 Å². The smallest absolute Gasteiger partial charge is 0.289 e. The molecule has 1 amide bonds. The number of piperazine rings is 1. The van der Waals surface area contributed by atoms with Crippen molar-refractivity contribution < 1.29 is 18.9 Å². The minimum Gasteiger partial charge on any atom is -0.486 e. The topological polar surface area (TPSA) is 107 Å². The molecule has 0 spiro atoms. The van der Waals surface area contributed by atoms with Crippen molar-refractivity contribution in [3.05, 3.63) is 105 Å². The highest BCUT2D eigenvalue weighted by Gasteiger charge is 2.26. The number of amides is 1. The van der Waals surface area contributed by atoms with E-state index in [1.807, 2.05) is 34.7 Å². The van der Waals surface area contributed by atoms with E-state index in [4.69, 9.17) is 14.3 Å². The van der Waals surface area contributed by atoms with Crippen LogP contribution in [0.5, 0.6) is 5.75 Å². The van der Waals surface area contributed by atoms with Crippen LogP contribution in [0, 0.1) is 24.0 Å². The number of non-ortho nitro benzene ring substituents is 1. The number of ether oxygens (including phenoxy) is 1. The lowest BCUT2D eigenvalue weighted by Gasteiger charge is -2.34. The molecule has 1 fully saturated rings. The molecule has 5 rings (SSSR count). The first-order valence-electron chi connectivity index (χ1n) is 12.5. The molecule has 4 aromatic rings. The third-order valence-electron chi connectivity index (χ3n) is 6.78. The van der Waals surface area contributed by atoms with Crippen molar-refractivity contribution in [3.8, 4) is 11.4 Å². The van der Waals surface area contributed by atoms with Crippen molar-refractivity contribution >= 4 is 11.6 Å². The van der Waals surface area contributed by atoms with Gasteiger partial charge < -0.3 is 14.1 Å². The predicted molar refractivity (Wildman–Crippen MR) is 140 cm³/mol. The van der Waals surface area contributed by atoms with Gasteiger partial charge in [0.15, 0.2) is 5.76 Å². The molecule has 10 nitrogen and oxygen atoms in total. The van der Waals surface area contributed by atoms with Gasteiger partial charge in [-0.1, -0.05) is 18.2 Å². The van der Waals surface area contributed by atoms with E-state index in [-0.39, 0.29) is 24.0 Å². The van der Waals surface area contributed by atoms with Crippen molar-refractivity contribution in [1.82, 2.24) is 19.6 Å². The number of hydrogen-bond donors (Lipinski definition) is 0. The molecule has 0 radical (unpaired) electrons. The first-order chi connectivity index (χ1) is 18.4. The molecule has 1 aliphatic heterocycles. The number of rotatable bonds is 8. The first-order valence-corrected chi connectivity index (χ1v) is 12.5. The molecule has 1 aliphatic rings. The Bertz CT molecular complexity index is 1420. The van der Waals surface area contributed by atoms with Gasteiger partial charge in [0, 0.05) is 56.1 Å². The lowest BCUT2D eigenvalue weighted by molar-refractivity contribution is -0.384. The van der Waals surface area contributed by atoms with Crippen LogP contribution in [0.3, 0.4) is 0 Å². The number of nitrogens with zero attached hydrogens (tertiary/aromatic N) is 5. The molecule has 10 heteroatoms. The van der Waals surface area contributed by atoms with Crippen LogP contribution in [-0.2, 0) is 13.2 Å². The Morgan fingerprint density at radius 1 is 1.00 bits per heavy atom. The van der Waals surface area contributed by atoms with E-state index < -0.39 is 4.92 Å². The monoisotopic (exact) mass is 515 g/mol.